The molecule has 19 heavy (non-hydrogen) atoms. The monoisotopic (exact) mass is 392 g/mol. The van der Waals surface area contributed by atoms with Crippen LogP contribution in [0, 0.1) is 3.57 Å². The summed E-state index contributed by atoms with van der Waals surface area (Å²) in [5.74, 6) is 0.800. The number of allylic oxidation sites excluding steroid dienone is 2. The van der Waals surface area contributed by atoms with Gasteiger partial charge in [-0.3, -0.25) is 4.52 Å². The first kappa shape index (κ1) is 15.1. The van der Waals surface area contributed by atoms with E-state index < -0.39 is 7.60 Å². The summed E-state index contributed by atoms with van der Waals surface area (Å²) in [6.07, 6.45) is 1.59. The summed E-state index contributed by atoms with van der Waals surface area (Å²) in [7, 11) is -3.21. The van der Waals surface area contributed by atoms with Crippen LogP contribution in [0.15, 0.2) is 24.0 Å². The molecule has 1 aliphatic heterocycles. The van der Waals surface area contributed by atoms with Crippen molar-refractivity contribution >= 4 is 41.1 Å². The van der Waals surface area contributed by atoms with Gasteiger partial charge < -0.3 is 4.52 Å². The highest BCUT2D eigenvalue weighted by molar-refractivity contribution is 14.1. The second-order valence-corrected chi connectivity index (χ2v) is 7.44. The minimum absolute atomic E-state index is 0.376. The molecule has 1 heterocycles. The second-order valence-electron chi connectivity index (χ2n) is 4.28. The van der Waals surface area contributed by atoms with Crippen molar-refractivity contribution < 1.29 is 13.6 Å². The minimum atomic E-state index is -3.21. The molecule has 0 saturated carbocycles. The van der Waals surface area contributed by atoms with Crippen LogP contribution in [-0.4, -0.2) is 6.61 Å². The van der Waals surface area contributed by atoms with E-state index in [1.807, 2.05) is 26.0 Å². The Labute approximate surface area is 128 Å². The third-order valence-corrected chi connectivity index (χ3v) is 5.83. The summed E-state index contributed by atoms with van der Waals surface area (Å²) in [4.78, 5) is 0. The molecule has 3 nitrogen and oxygen atoms in total. The predicted octanol–water partition coefficient (Wildman–Crippen LogP) is 4.71. The number of fused-ring (bicyclic) bond motifs is 1. The highest BCUT2D eigenvalue weighted by Gasteiger charge is 2.37. The standard InChI is InChI=1S/C14H18IO3P/c1-4-11-12-9-10(15)7-8-14(12)19(16,17-6-3)18-13(11)5-2/h7-9H,4-6H2,1-3H3. The van der Waals surface area contributed by atoms with Gasteiger partial charge in [0, 0.05) is 9.99 Å². The molecule has 0 radical (unpaired) electrons. The summed E-state index contributed by atoms with van der Waals surface area (Å²) >= 11 is 2.27. The van der Waals surface area contributed by atoms with Gasteiger partial charge in [0.1, 0.15) is 5.76 Å². The van der Waals surface area contributed by atoms with Crippen LogP contribution in [-0.2, 0) is 13.6 Å². The maximum absolute atomic E-state index is 12.9. The maximum Gasteiger partial charge on any atom is 0.411 e. The Morgan fingerprint density at radius 3 is 2.58 bits per heavy atom. The molecule has 0 spiro atoms. The molecule has 0 fully saturated rings. The van der Waals surface area contributed by atoms with Crippen molar-refractivity contribution in [2.24, 2.45) is 0 Å². The molecule has 0 bridgehead atoms. The SMILES string of the molecule is CCOP1(=O)OC(CC)=C(CC)c2cc(I)ccc21. The summed E-state index contributed by atoms with van der Waals surface area (Å²) in [5, 5.41) is 0.698. The fourth-order valence-corrected chi connectivity index (χ4v) is 4.72. The normalized spacial score (nSPS) is 22.1. The summed E-state index contributed by atoms with van der Waals surface area (Å²) in [6.45, 7) is 6.32. The van der Waals surface area contributed by atoms with E-state index >= 15 is 0 Å². The Balaban J connectivity index is 2.67. The smallest absolute Gasteiger partial charge is 0.411 e. The van der Waals surface area contributed by atoms with Gasteiger partial charge in [-0.2, -0.15) is 0 Å². The van der Waals surface area contributed by atoms with Crippen LogP contribution in [0.1, 0.15) is 39.2 Å². The molecule has 5 heteroatoms. The molecule has 0 aromatic heterocycles. The third-order valence-electron chi connectivity index (χ3n) is 3.12. The zero-order chi connectivity index (χ0) is 14.0. The number of hydrogen-bond acceptors (Lipinski definition) is 3. The third kappa shape index (κ3) is 2.76. The van der Waals surface area contributed by atoms with Crippen molar-refractivity contribution in [3.05, 3.63) is 33.1 Å². The lowest BCUT2D eigenvalue weighted by atomic mass is 10.0. The van der Waals surface area contributed by atoms with Gasteiger partial charge in [0.2, 0.25) is 0 Å². The second kappa shape index (κ2) is 5.98. The van der Waals surface area contributed by atoms with E-state index in [9.17, 15) is 4.57 Å². The molecule has 104 valence electrons. The molecule has 1 atom stereocenters. The Hall–Kier alpha value is -0.320. The van der Waals surface area contributed by atoms with Crippen molar-refractivity contribution in [2.45, 2.75) is 33.6 Å². The average Bonchev–Trinajstić information content (AvgIpc) is 2.38. The lowest BCUT2D eigenvalue weighted by molar-refractivity contribution is 0.255. The first-order valence-corrected chi connectivity index (χ1v) is 9.14. The molecule has 1 aliphatic rings. The van der Waals surface area contributed by atoms with Gasteiger partial charge in [-0.05, 0) is 65.3 Å². The zero-order valence-electron chi connectivity index (χ0n) is 11.4. The molecule has 0 aliphatic carbocycles. The topological polar surface area (TPSA) is 35.5 Å². The van der Waals surface area contributed by atoms with Crippen molar-refractivity contribution in [3.8, 4) is 0 Å². The zero-order valence-corrected chi connectivity index (χ0v) is 14.5. The summed E-state index contributed by atoms with van der Waals surface area (Å²) in [5.41, 5.74) is 2.16. The Morgan fingerprint density at radius 2 is 2.00 bits per heavy atom. The Morgan fingerprint density at radius 1 is 1.26 bits per heavy atom. The van der Waals surface area contributed by atoms with Crippen molar-refractivity contribution in [1.82, 2.24) is 0 Å². The van der Waals surface area contributed by atoms with Gasteiger partial charge in [0.15, 0.2) is 0 Å². The summed E-state index contributed by atoms with van der Waals surface area (Å²) < 4.78 is 25.2. The van der Waals surface area contributed by atoms with Crippen LogP contribution in [0.2, 0.25) is 0 Å². The van der Waals surface area contributed by atoms with E-state index in [1.54, 1.807) is 0 Å². The van der Waals surface area contributed by atoms with Crippen LogP contribution in [0.25, 0.3) is 5.57 Å². The van der Waals surface area contributed by atoms with E-state index in [-0.39, 0.29) is 0 Å². The van der Waals surface area contributed by atoms with Crippen LogP contribution in [0.5, 0.6) is 0 Å². The van der Waals surface area contributed by atoms with E-state index in [0.29, 0.717) is 11.9 Å². The van der Waals surface area contributed by atoms with Crippen molar-refractivity contribution in [3.63, 3.8) is 0 Å². The number of hydrogen-bond donors (Lipinski definition) is 0. The first-order valence-electron chi connectivity index (χ1n) is 6.52. The first-order chi connectivity index (χ1) is 9.05. The van der Waals surface area contributed by atoms with Gasteiger partial charge in [0.25, 0.3) is 0 Å². The average molecular weight is 392 g/mol. The van der Waals surface area contributed by atoms with Crippen LogP contribution >= 0.6 is 30.2 Å². The fraction of sp³-hybridized carbons (Fsp3) is 0.429. The fourth-order valence-electron chi connectivity index (χ4n) is 2.32. The quantitative estimate of drug-likeness (QED) is 0.550. The molecule has 2 rings (SSSR count). The van der Waals surface area contributed by atoms with Crippen molar-refractivity contribution in [1.29, 1.82) is 0 Å². The van der Waals surface area contributed by atoms with Crippen molar-refractivity contribution in [2.75, 3.05) is 6.61 Å². The largest absolute Gasteiger partial charge is 0.425 e. The Bertz CT molecular complexity index is 566. The minimum Gasteiger partial charge on any atom is -0.425 e. The summed E-state index contributed by atoms with van der Waals surface area (Å²) in [6, 6.07) is 5.88. The highest BCUT2D eigenvalue weighted by Crippen LogP contribution is 2.55. The van der Waals surface area contributed by atoms with Gasteiger partial charge in [-0.15, -0.1) is 0 Å². The highest BCUT2D eigenvalue weighted by atomic mass is 127. The number of benzene rings is 1. The molecule has 0 saturated heterocycles. The maximum atomic E-state index is 12.9. The predicted molar refractivity (Wildman–Crippen MR) is 86.6 cm³/mol. The van der Waals surface area contributed by atoms with E-state index in [2.05, 4.69) is 35.6 Å². The molecular weight excluding hydrogens is 374 g/mol. The number of halogens is 1. The number of rotatable bonds is 4. The van der Waals surface area contributed by atoms with Gasteiger partial charge >= 0.3 is 7.60 Å². The molecule has 1 unspecified atom stereocenters. The van der Waals surface area contributed by atoms with Crippen LogP contribution in [0.4, 0.5) is 0 Å². The molecule has 0 N–H and O–H groups in total. The van der Waals surface area contributed by atoms with Crippen LogP contribution < -0.4 is 5.30 Å². The lowest BCUT2D eigenvalue weighted by Gasteiger charge is -2.29. The molecule has 1 aromatic carbocycles. The lowest BCUT2D eigenvalue weighted by Crippen LogP contribution is -2.20. The van der Waals surface area contributed by atoms with E-state index in [1.165, 1.54) is 0 Å². The van der Waals surface area contributed by atoms with Gasteiger partial charge in [-0.1, -0.05) is 13.8 Å². The molecule has 1 aromatic rings. The molecule has 0 amide bonds. The van der Waals surface area contributed by atoms with E-state index in [4.69, 9.17) is 9.05 Å². The van der Waals surface area contributed by atoms with Gasteiger partial charge in [-0.25, -0.2) is 4.57 Å². The van der Waals surface area contributed by atoms with Gasteiger partial charge in [0.05, 0.1) is 11.9 Å². The van der Waals surface area contributed by atoms with Crippen LogP contribution in [0.3, 0.4) is 0 Å². The molecular formula is C14H18IO3P. The van der Waals surface area contributed by atoms with E-state index in [0.717, 1.165) is 33.3 Å². The Kier molecular flexibility index (Phi) is 4.75.